The number of aryl methyl sites for hydroxylation is 4. The van der Waals surface area contributed by atoms with E-state index in [1.807, 2.05) is 40.9 Å². The van der Waals surface area contributed by atoms with Crippen molar-refractivity contribution >= 4 is 68.2 Å². The van der Waals surface area contributed by atoms with Crippen LogP contribution in [-0.4, -0.2) is 112 Å². The average molecular weight is 1220 g/mol. The Labute approximate surface area is 502 Å². The first kappa shape index (κ1) is 57.2. The van der Waals surface area contributed by atoms with Gasteiger partial charge < -0.3 is 39.2 Å². The van der Waals surface area contributed by atoms with Crippen molar-refractivity contribution in [3.05, 3.63) is 79.1 Å². The van der Waals surface area contributed by atoms with Gasteiger partial charge in [-0.3, -0.25) is 14.8 Å². The number of methoxy groups -OCH3 is 1. The number of hydrogen-bond acceptors (Lipinski definition) is 24. The quantitative estimate of drug-likeness (QED) is 0.0663. The van der Waals surface area contributed by atoms with Gasteiger partial charge >= 0.3 is 11.8 Å². The third kappa shape index (κ3) is 10.9. The smallest absolute Gasteiger partial charge is 0.349 e. The van der Waals surface area contributed by atoms with E-state index < -0.39 is 11.8 Å². The molecule has 0 saturated heterocycles. The number of aromatic nitrogens is 21. The van der Waals surface area contributed by atoms with Crippen LogP contribution in [0.4, 0.5) is 16.3 Å². The summed E-state index contributed by atoms with van der Waals surface area (Å²) < 4.78 is 47.9. The molecule has 12 heterocycles. The number of anilines is 2. The van der Waals surface area contributed by atoms with Crippen molar-refractivity contribution in [2.75, 3.05) is 18.6 Å². The number of H-pyrrole nitrogens is 3. The molecule has 0 radical (unpaired) electrons. The van der Waals surface area contributed by atoms with Crippen LogP contribution < -0.4 is 27.5 Å². The molecule has 456 valence electrons. The summed E-state index contributed by atoms with van der Waals surface area (Å²) in [6.45, 7) is 7.34. The molecule has 12 aromatic rings. The molecule has 0 amide bonds. The molecule has 0 spiro atoms. The normalized spacial score (nSPS) is 15.8. The monoisotopic (exact) mass is 1220 g/mol. The fraction of sp³-hybridized carbons (Fsp3) is 0.446. The highest BCUT2D eigenvalue weighted by Gasteiger charge is 2.31. The second kappa shape index (κ2) is 23.8. The molecule has 0 aromatic carbocycles. The first-order valence-electron chi connectivity index (χ1n) is 29.3. The summed E-state index contributed by atoms with van der Waals surface area (Å²) in [7, 11) is 1.48. The molecule has 16 rings (SSSR count). The van der Waals surface area contributed by atoms with Gasteiger partial charge in [-0.15, -0.1) is 0 Å². The zero-order valence-corrected chi connectivity index (χ0v) is 49.6. The molecule has 0 bridgehead atoms. The largest absolute Gasteiger partial charge is 0.480 e. The Morgan fingerprint density at radius 3 is 1.77 bits per heavy atom. The first-order chi connectivity index (χ1) is 42.7. The molecule has 4 aliphatic carbocycles. The van der Waals surface area contributed by atoms with Crippen LogP contribution in [0.3, 0.4) is 0 Å². The molecule has 0 unspecified atom stereocenters. The van der Waals surface area contributed by atoms with Crippen LogP contribution >= 0.6 is 12.2 Å². The van der Waals surface area contributed by atoms with Crippen LogP contribution in [0.1, 0.15) is 150 Å². The zero-order chi connectivity index (χ0) is 60.9. The Bertz CT molecular complexity index is 4710. The lowest BCUT2D eigenvalue weighted by atomic mass is 10.2. The highest BCUT2D eigenvalue weighted by Crippen LogP contribution is 2.40. The topological polar surface area (TPSA) is 396 Å². The van der Waals surface area contributed by atoms with Crippen molar-refractivity contribution < 1.29 is 27.1 Å². The van der Waals surface area contributed by atoms with Crippen molar-refractivity contribution in [1.82, 2.24) is 104 Å². The van der Waals surface area contributed by atoms with Crippen LogP contribution in [0.25, 0.3) is 90.2 Å². The lowest BCUT2D eigenvalue weighted by Crippen LogP contribution is -2.15. The highest BCUT2D eigenvalue weighted by molar-refractivity contribution is 7.71. The molecule has 88 heavy (non-hydrogen) atoms. The maximum absolute atomic E-state index is 13.4. The van der Waals surface area contributed by atoms with Crippen LogP contribution in [0.15, 0.2) is 52.3 Å². The highest BCUT2D eigenvalue weighted by atomic mass is 32.1. The third-order valence-corrected chi connectivity index (χ3v) is 16.7. The van der Waals surface area contributed by atoms with E-state index >= 15 is 0 Å². The minimum absolute atomic E-state index is 0.0740. The molecule has 0 aliphatic heterocycles. The van der Waals surface area contributed by atoms with Crippen molar-refractivity contribution in [2.24, 2.45) is 0 Å². The van der Waals surface area contributed by atoms with Crippen LogP contribution in [-0.2, 0) is 0 Å². The van der Waals surface area contributed by atoms with Gasteiger partial charge in [0.2, 0.25) is 17.7 Å². The number of nitrogens with two attached hydrogens (primary N) is 2. The van der Waals surface area contributed by atoms with Crippen molar-refractivity contribution in [3.63, 3.8) is 0 Å². The van der Waals surface area contributed by atoms with E-state index in [9.17, 15) is 14.0 Å². The summed E-state index contributed by atoms with van der Waals surface area (Å²) >= 11 is 5.41. The van der Waals surface area contributed by atoms with E-state index in [-0.39, 0.29) is 41.4 Å². The van der Waals surface area contributed by atoms with Gasteiger partial charge in [0, 0.05) is 17.8 Å². The predicted octanol–water partition coefficient (Wildman–Crippen LogP) is 9.58. The molecular formula is C56H62FN23O7S. The molecule has 30 nitrogen and oxygen atoms in total. The number of nitrogens with one attached hydrogen (secondary N) is 3. The number of aromatic amines is 3. The zero-order valence-electron chi connectivity index (χ0n) is 48.8. The molecule has 4 saturated carbocycles. The van der Waals surface area contributed by atoms with E-state index in [0.29, 0.717) is 95.7 Å². The maximum atomic E-state index is 13.4. The molecule has 12 aromatic heterocycles. The molecule has 4 fully saturated rings. The van der Waals surface area contributed by atoms with Gasteiger partial charge in [0.15, 0.2) is 46.0 Å². The average Bonchev–Trinajstić information content (AvgIpc) is 1.85. The second-order valence-corrected chi connectivity index (χ2v) is 22.9. The maximum Gasteiger partial charge on any atom is 0.349 e. The van der Waals surface area contributed by atoms with E-state index in [2.05, 4.69) is 80.6 Å². The van der Waals surface area contributed by atoms with Gasteiger partial charge in [-0.2, -0.15) is 44.7 Å². The minimum atomic E-state index is -0.734. The summed E-state index contributed by atoms with van der Waals surface area (Å²) in [5.41, 5.74) is 17.8. The SMILES string of the molecule is COc1nc(=O)[nH]c2c1c(-c1nc(C)co1)nn2C1CCCC1.Cc1cc(-c2nn(C3CCCC3)c3nc(F)ncc23)on1.Cc1cnoc1-c1nn(C2CCCC2)c2[nH]c(N)nc(=S)c12.Cc1noc(-c2nn(C3CCCC3)c3nc(N)[nH]c(=O)c23)n1. The molecule has 4 aliphatic rings. The molecule has 32 heteroatoms. The Morgan fingerprint density at radius 1 is 0.602 bits per heavy atom. The van der Waals surface area contributed by atoms with E-state index in [4.69, 9.17) is 51.5 Å². The number of nitrogen functional groups attached to an aromatic ring is 2. The predicted molar refractivity (Wildman–Crippen MR) is 318 cm³/mol. The number of halogens is 1. The second-order valence-electron chi connectivity index (χ2n) is 22.5. The number of nitrogens with zero attached hydrogens (tertiary/aromatic N) is 18. The van der Waals surface area contributed by atoms with Crippen LogP contribution in [0.2, 0.25) is 0 Å². The van der Waals surface area contributed by atoms with Gasteiger partial charge in [-0.25, -0.2) is 38.5 Å². The summed E-state index contributed by atoms with van der Waals surface area (Å²) in [6, 6.07) is 2.90. The molecular weight excluding hydrogens is 1160 g/mol. The summed E-state index contributed by atoms with van der Waals surface area (Å²) in [4.78, 5) is 61.0. The summed E-state index contributed by atoms with van der Waals surface area (Å²) in [5.74, 6) is 2.91. The Morgan fingerprint density at radius 2 is 1.19 bits per heavy atom. The minimum Gasteiger partial charge on any atom is -0.480 e. The van der Waals surface area contributed by atoms with Gasteiger partial charge in [0.25, 0.3) is 11.4 Å². The van der Waals surface area contributed by atoms with E-state index in [1.54, 1.807) is 24.1 Å². The number of rotatable bonds is 9. The van der Waals surface area contributed by atoms with Crippen LogP contribution in [0.5, 0.6) is 5.88 Å². The number of oxazole rings is 1. The summed E-state index contributed by atoms with van der Waals surface area (Å²) in [5, 5.41) is 32.5. The summed E-state index contributed by atoms with van der Waals surface area (Å²) in [6.07, 6.45) is 21.7. The number of ether oxygens (including phenoxy) is 1. The number of fused-ring (bicyclic) bond motifs is 4. The van der Waals surface area contributed by atoms with Gasteiger partial charge in [0.1, 0.15) is 44.4 Å². The Hall–Kier alpha value is -9.88. The molecule has 7 N–H and O–H groups in total. The van der Waals surface area contributed by atoms with E-state index in [1.165, 1.54) is 26.1 Å². The first-order valence-corrected chi connectivity index (χ1v) is 29.7. The van der Waals surface area contributed by atoms with Gasteiger partial charge in [0.05, 0.1) is 59.6 Å². The fourth-order valence-corrected chi connectivity index (χ4v) is 12.6. The standard InChI is InChI=1S/C15H17N5O3.C14H14FN5O.C14H16N6OS.C13H15N7O2/c1-8-7-23-14(16-8)11-10-12(17-15(21)18-13(10)22-2)20(19-11)9-5-3-4-6-9;1-8-6-11(21-19-8)12-10-7-16-14(15)17-13(10)20(18-12)9-4-2-3-5-9;1-7-6-16-21-11(7)10-9-12(17-14(15)18-13(9)22)20(19-10)8-4-2-3-5-8;1-6-15-12(22-19-6)9-8-10(16-13(14)17-11(8)21)20(18-9)7-4-2-3-5-7/h7,9H,3-6H2,1-2H3,(H,17,18,21);6-7,9H,2-5H2,1H3;6,8H,2-5H2,1H3,(H3,15,17,18,22);7H,2-5H2,1H3,(H3,14,16,17,21). The lowest BCUT2D eigenvalue weighted by molar-refractivity contribution is 0.401. The lowest BCUT2D eigenvalue weighted by Gasteiger charge is -2.10. The Balaban J connectivity index is 0.000000108. The third-order valence-electron chi connectivity index (χ3n) is 16.4. The Kier molecular flexibility index (Phi) is 15.5. The number of hydrogen-bond donors (Lipinski definition) is 5. The van der Waals surface area contributed by atoms with Crippen molar-refractivity contribution in [2.45, 2.75) is 155 Å². The van der Waals surface area contributed by atoms with Crippen LogP contribution in [0, 0.1) is 38.4 Å². The molecule has 0 atom stereocenters. The fourth-order valence-electron chi connectivity index (χ4n) is 12.3. The van der Waals surface area contributed by atoms with Gasteiger partial charge in [-0.05, 0) is 79.1 Å². The van der Waals surface area contributed by atoms with E-state index in [0.717, 1.165) is 118 Å². The van der Waals surface area contributed by atoms with Crippen molar-refractivity contribution in [1.29, 1.82) is 0 Å². The van der Waals surface area contributed by atoms with Gasteiger partial charge in [-0.1, -0.05) is 79.1 Å². The van der Waals surface area contributed by atoms with Crippen molar-refractivity contribution in [3.8, 4) is 52.0 Å².